The zero-order valence-electron chi connectivity index (χ0n) is 10.0. The van der Waals surface area contributed by atoms with Crippen molar-refractivity contribution >= 4 is 34.5 Å². The molecule has 0 aliphatic carbocycles. The van der Waals surface area contributed by atoms with Gasteiger partial charge in [-0.05, 0) is 24.7 Å². The second-order valence-electron chi connectivity index (χ2n) is 3.85. The molecule has 0 unspecified atom stereocenters. The van der Waals surface area contributed by atoms with Crippen LogP contribution in [0, 0.1) is 0 Å². The molecule has 96 valence electrons. The second-order valence-corrected chi connectivity index (χ2v) is 5.64. The Morgan fingerprint density at radius 3 is 2.89 bits per heavy atom. The lowest BCUT2D eigenvalue weighted by molar-refractivity contribution is 0.714. The van der Waals surface area contributed by atoms with Crippen LogP contribution in [0.2, 0.25) is 10.0 Å². The zero-order chi connectivity index (χ0) is 13.0. The van der Waals surface area contributed by atoms with E-state index < -0.39 is 0 Å². The maximum Gasteiger partial charge on any atom is 0.0945 e. The number of hydrogen-bond donors (Lipinski definition) is 1. The van der Waals surface area contributed by atoms with E-state index in [0.717, 1.165) is 35.8 Å². The lowest BCUT2D eigenvalue weighted by atomic mass is 10.2. The van der Waals surface area contributed by atoms with E-state index in [-0.39, 0.29) is 0 Å². The van der Waals surface area contributed by atoms with Crippen molar-refractivity contribution in [3.05, 3.63) is 38.6 Å². The van der Waals surface area contributed by atoms with Crippen molar-refractivity contribution in [1.29, 1.82) is 0 Å². The number of nitrogens with zero attached hydrogens (tertiary/aromatic N) is 1. The zero-order valence-corrected chi connectivity index (χ0v) is 12.4. The van der Waals surface area contributed by atoms with Crippen molar-refractivity contribution < 1.29 is 0 Å². The van der Waals surface area contributed by atoms with Crippen LogP contribution in [0.1, 0.15) is 11.9 Å². The van der Waals surface area contributed by atoms with Crippen molar-refractivity contribution in [2.75, 3.05) is 13.1 Å². The predicted molar refractivity (Wildman–Crippen MR) is 79.8 cm³/mol. The van der Waals surface area contributed by atoms with Crippen LogP contribution in [0.25, 0.3) is 11.3 Å². The maximum atomic E-state index is 6.17. The van der Waals surface area contributed by atoms with Crippen molar-refractivity contribution in [2.24, 2.45) is 0 Å². The molecule has 0 radical (unpaired) electrons. The summed E-state index contributed by atoms with van der Waals surface area (Å²) in [7, 11) is 0. The summed E-state index contributed by atoms with van der Waals surface area (Å²) in [5.41, 5.74) is 1.86. The van der Waals surface area contributed by atoms with Crippen LogP contribution < -0.4 is 5.32 Å². The summed E-state index contributed by atoms with van der Waals surface area (Å²) in [4.78, 5) is 4.59. The number of likely N-dealkylation sites (N-methyl/N-ethyl adjacent to an activating group) is 1. The lowest BCUT2D eigenvalue weighted by Crippen LogP contribution is -2.15. The third kappa shape index (κ3) is 3.45. The molecule has 1 N–H and O–H groups in total. The van der Waals surface area contributed by atoms with Crippen molar-refractivity contribution in [2.45, 2.75) is 13.3 Å². The Morgan fingerprint density at radius 1 is 1.33 bits per heavy atom. The lowest BCUT2D eigenvalue weighted by Gasteiger charge is -2.01. The Hall–Kier alpha value is -0.610. The number of benzene rings is 1. The van der Waals surface area contributed by atoms with Gasteiger partial charge in [0.2, 0.25) is 0 Å². The molecular weight excluding hydrogens is 287 g/mol. The largest absolute Gasteiger partial charge is 0.317 e. The monoisotopic (exact) mass is 300 g/mol. The Labute approximate surface area is 121 Å². The van der Waals surface area contributed by atoms with Gasteiger partial charge in [0.15, 0.2) is 0 Å². The molecule has 0 saturated heterocycles. The number of aromatic nitrogens is 1. The fraction of sp³-hybridized carbons (Fsp3) is 0.308. The van der Waals surface area contributed by atoms with Gasteiger partial charge in [0.1, 0.15) is 0 Å². The van der Waals surface area contributed by atoms with Crippen molar-refractivity contribution in [1.82, 2.24) is 10.3 Å². The third-order valence-electron chi connectivity index (χ3n) is 2.52. The first-order valence-corrected chi connectivity index (χ1v) is 7.45. The number of hydrogen-bond acceptors (Lipinski definition) is 3. The molecule has 0 amide bonds. The average molecular weight is 301 g/mol. The topological polar surface area (TPSA) is 24.9 Å². The number of thiazole rings is 1. The van der Waals surface area contributed by atoms with E-state index >= 15 is 0 Å². The van der Waals surface area contributed by atoms with E-state index in [1.165, 1.54) is 0 Å². The second kappa shape index (κ2) is 6.53. The van der Waals surface area contributed by atoms with Gasteiger partial charge in [0.05, 0.1) is 15.7 Å². The molecule has 0 bridgehead atoms. The molecule has 0 fully saturated rings. The standard InChI is InChI=1S/C13H14Cl2N2S/c1-2-16-6-5-13-17-12(8-18-13)10-4-3-9(14)7-11(10)15/h3-4,7-8,16H,2,5-6H2,1H3. The van der Waals surface area contributed by atoms with Crippen LogP contribution in [0.3, 0.4) is 0 Å². The van der Waals surface area contributed by atoms with E-state index in [9.17, 15) is 0 Å². The highest BCUT2D eigenvalue weighted by molar-refractivity contribution is 7.09. The summed E-state index contributed by atoms with van der Waals surface area (Å²) in [5, 5.41) is 7.74. The SMILES string of the molecule is CCNCCc1nc(-c2ccc(Cl)cc2Cl)cs1. The molecule has 0 saturated carbocycles. The Kier molecular flexibility index (Phi) is 5.01. The summed E-state index contributed by atoms with van der Waals surface area (Å²) < 4.78 is 0. The minimum absolute atomic E-state index is 0.644. The van der Waals surface area contributed by atoms with Crippen molar-refractivity contribution in [3.63, 3.8) is 0 Å². The fourth-order valence-corrected chi connectivity index (χ4v) is 2.92. The molecule has 5 heteroatoms. The van der Waals surface area contributed by atoms with Crippen molar-refractivity contribution in [3.8, 4) is 11.3 Å². The van der Waals surface area contributed by atoms with Gasteiger partial charge < -0.3 is 5.32 Å². The summed E-state index contributed by atoms with van der Waals surface area (Å²) in [6.45, 7) is 4.04. The smallest absolute Gasteiger partial charge is 0.0945 e. The molecule has 0 aliphatic rings. The highest BCUT2D eigenvalue weighted by Gasteiger charge is 2.08. The van der Waals surface area contributed by atoms with Gasteiger partial charge >= 0.3 is 0 Å². The molecule has 2 aromatic rings. The minimum Gasteiger partial charge on any atom is -0.317 e. The van der Waals surface area contributed by atoms with E-state index in [1.54, 1.807) is 17.4 Å². The van der Waals surface area contributed by atoms with Crippen LogP contribution in [-0.4, -0.2) is 18.1 Å². The van der Waals surface area contributed by atoms with Gasteiger partial charge in [-0.3, -0.25) is 0 Å². The molecular formula is C13H14Cl2N2S. The fourth-order valence-electron chi connectivity index (χ4n) is 1.62. The first-order chi connectivity index (χ1) is 8.70. The van der Waals surface area contributed by atoms with Crippen LogP contribution in [0.4, 0.5) is 0 Å². The molecule has 1 aromatic carbocycles. The molecule has 0 atom stereocenters. The Bertz CT molecular complexity index is 525. The van der Waals surface area contributed by atoms with E-state index in [2.05, 4.69) is 17.2 Å². The summed E-state index contributed by atoms with van der Waals surface area (Å²) >= 11 is 13.7. The summed E-state index contributed by atoms with van der Waals surface area (Å²) in [6, 6.07) is 5.49. The predicted octanol–water partition coefficient (Wildman–Crippen LogP) is 4.27. The van der Waals surface area contributed by atoms with E-state index in [0.29, 0.717) is 10.0 Å². The normalized spacial score (nSPS) is 10.8. The van der Waals surface area contributed by atoms with Gasteiger partial charge in [0, 0.05) is 28.9 Å². The summed E-state index contributed by atoms with van der Waals surface area (Å²) in [5.74, 6) is 0. The van der Waals surface area contributed by atoms with Gasteiger partial charge in [-0.2, -0.15) is 0 Å². The molecule has 18 heavy (non-hydrogen) atoms. The highest BCUT2D eigenvalue weighted by Crippen LogP contribution is 2.31. The third-order valence-corrected chi connectivity index (χ3v) is 3.98. The van der Waals surface area contributed by atoms with Gasteiger partial charge in [-0.1, -0.05) is 30.1 Å². The van der Waals surface area contributed by atoms with E-state index in [4.69, 9.17) is 23.2 Å². The number of nitrogens with one attached hydrogen (secondary N) is 1. The Morgan fingerprint density at radius 2 is 2.17 bits per heavy atom. The Balaban J connectivity index is 2.13. The minimum atomic E-state index is 0.644. The molecule has 0 spiro atoms. The molecule has 2 nitrogen and oxygen atoms in total. The molecule has 0 aliphatic heterocycles. The van der Waals surface area contributed by atoms with Gasteiger partial charge in [-0.15, -0.1) is 11.3 Å². The first kappa shape index (κ1) is 13.8. The number of halogens is 2. The van der Waals surface area contributed by atoms with Gasteiger partial charge in [-0.25, -0.2) is 4.98 Å². The van der Waals surface area contributed by atoms with Crippen LogP contribution in [-0.2, 0) is 6.42 Å². The highest BCUT2D eigenvalue weighted by atomic mass is 35.5. The van der Waals surface area contributed by atoms with Crippen LogP contribution in [0.5, 0.6) is 0 Å². The average Bonchev–Trinajstić information content (AvgIpc) is 2.78. The summed E-state index contributed by atoms with van der Waals surface area (Å²) in [6.07, 6.45) is 0.948. The first-order valence-electron chi connectivity index (χ1n) is 5.81. The number of rotatable bonds is 5. The maximum absolute atomic E-state index is 6.17. The molecule has 2 rings (SSSR count). The van der Waals surface area contributed by atoms with Crippen LogP contribution in [0.15, 0.2) is 23.6 Å². The van der Waals surface area contributed by atoms with E-state index in [1.807, 2.05) is 17.5 Å². The molecule has 1 aromatic heterocycles. The van der Waals surface area contributed by atoms with Gasteiger partial charge in [0.25, 0.3) is 0 Å². The quantitative estimate of drug-likeness (QED) is 0.834. The molecule has 1 heterocycles. The van der Waals surface area contributed by atoms with Crippen LogP contribution >= 0.6 is 34.5 Å².